The van der Waals surface area contributed by atoms with E-state index in [1.165, 1.54) is 22.3 Å². The van der Waals surface area contributed by atoms with Gasteiger partial charge in [-0.05, 0) is 49.9 Å². The molecule has 0 heterocycles. The topological polar surface area (TPSA) is 0 Å². The van der Waals surface area contributed by atoms with Crippen LogP contribution in [-0.2, 0) is 0 Å². The van der Waals surface area contributed by atoms with Crippen molar-refractivity contribution in [3.05, 3.63) is 34.4 Å². The fourth-order valence-electron chi connectivity index (χ4n) is 1.84. The van der Waals surface area contributed by atoms with Gasteiger partial charge < -0.3 is 0 Å². The molecule has 16 heavy (non-hydrogen) atoms. The minimum absolute atomic E-state index is 0.584. The van der Waals surface area contributed by atoms with Crippen LogP contribution in [0.1, 0.15) is 54.8 Å². The Labute approximate surface area is 140 Å². The maximum atomic E-state index is 2.51. The van der Waals surface area contributed by atoms with Crippen molar-refractivity contribution in [3.63, 3.8) is 0 Å². The minimum atomic E-state index is 0.584. The molecule has 0 nitrogen and oxygen atoms in total. The molecule has 0 aromatic heterocycles. The number of halogens is 3. The molecule has 3 heteroatoms. The summed E-state index contributed by atoms with van der Waals surface area (Å²) < 4.78 is 1.75. The fraction of sp³-hybridized carbons (Fsp3) is 0.538. The van der Waals surface area contributed by atoms with E-state index in [1.807, 2.05) is 0 Å². The Morgan fingerprint density at radius 1 is 0.812 bits per heavy atom. The van der Waals surface area contributed by atoms with Crippen LogP contribution in [-0.4, -0.2) is 0 Å². The summed E-state index contributed by atoms with van der Waals surface area (Å²) in [4.78, 5) is 0. The van der Waals surface area contributed by atoms with Crippen LogP contribution >= 0.6 is 67.8 Å². The Kier molecular flexibility index (Phi) is 6.32. The van der Waals surface area contributed by atoms with Gasteiger partial charge in [0, 0.05) is 11.8 Å². The Morgan fingerprint density at radius 2 is 1.19 bits per heavy atom. The van der Waals surface area contributed by atoms with Gasteiger partial charge >= 0.3 is 0 Å². The van der Waals surface area contributed by atoms with E-state index in [2.05, 4.69) is 108 Å². The molecule has 0 aliphatic heterocycles. The van der Waals surface area contributed by atoms with Gasteiger partial charge in [0.25, 0.3) is 0 Å². The van der Waals surface area contributed by atoms with Gasteiger partial charge in [0.2, 0.25) is 0 Å². The summed E-state index contributed by atoms with van der Waals surface area (Å²) in [6.45, 7) is 9.06. The largest absolute Gasteiger partial charge is 0.0777 e. The summed E-state index contributed by atoms with van der Waals surface area (Å²) in [5.74, 6) is 0. The van der Waals surface area contributed by atoms with Gasteiger partial charge in [0.1, 0.15) is 0 Å². The van der Waals surface area contributed by atoms with Crippen LogP contribution in [0.5, 0.6) is 0 Å². The Balaban J connectivity index is 3.39. The van der Waals surface area contributed by atoms with Gasteiger partial charge in [-0.15, -0.1) is 0 Å². The van der Waals surface area contributed by atoms with Crippen LogP contribution in [0.3, 0.4) is 0 Å². The molecule has 3 unspecified atom stereocenters. The maximum absolute atomic E-state index is 2.51. The molecule has 0 saturated carbocycles. The van der Waals surface area contributed by atoms with E-state index in [-0.39, 0.29) is 0 Å². The van der Waals surface area contributed by atoms with Crippen molar-refractivity contribution in [1.82, 2.24) is 0 Å². The van der Waals surface area contributed by atoms with E-state index >= 15 is 0 Å². The normalized spacial score (nSPS) is 16.9. The zero-order valence-electron chi connectivity index (χ0n) is 10.0. The Bertz CT molecular complexity index is 338. The molecule has 0 aliphatic carbocycles. The third-order valence-electron chi connectivity index (χ3n) is 2.83. The number of benzene rings is 1. The van der Waals surface area contributed by atoms with Crippen LogP contribution in [0.2, 0.25) is 0 Å². The van der Waals surface area contributed by atoms with Crippen molar-refractivity contribution in [2.24, 2.45) is 0 Å². The second kappa shape index (κ2) is 6.54. The fourth-order valence-corrected chi connectivity index (χ4v) is 3.49. The van der Waals surface area contributed by atoms with Crippen molar-refractivity contribution >= 4 is 67.8 Å². The number of rotatable bonds is 3. The summed E-state index contributed by atoms with van der Waals surface area (Å²) >= 11 is 7.51. The average Bonchev–Trinajstić information content (AvgIpc) is 2.16. The SMILES string of the molecule is Cc1c(C(C)I)cc(C(C)I)cc1C(C)I. The molecular weight excluding hydrogens is 537 g/mol. The summed E-state index contributed by atoms with van der Waals surface area (Å²) in [5, 5.41) is 0. The van der Waals surface area contributed by atoms with E-state index in [1.54, 1.807) is 0 Å². The van der Waals surface area contributed by atoms with Gasteiger partial charge in [0.15, 0.2) is 0 Å². The lowest BCUT2D eigenvalue weighted by atomic mass is 9.95. The molecule has 0 fully saturated rings. The molecule has 1 aromatic carbocycles. The monoisotopic (exact) mass is 554 g/mol. The molecule has 0 spiro atoms. The Hall–Kier alpha value is 1.41. The lowest BCUT2D eigenvalue weighted by Gasteiger charge is -2.18. The molecule has 0 amide bonds. The average molecular weight is 554 g/mol. The maximum Gasteiger partial charge on any atom is 0.0334 e. The molecule has 90 valence electrons. The van der Waals surface area contributed by atoms with Gasteiger partial charge in [0.05, 0.1) is 0 Å². The molecule has 1 rings (SSSR count). The zero-order valence-corrected chi connectivity index (χ0v) is 16.5. The van der Waals surface area contributed by atoms with Gasteiger partial charge in [-0.25, -0.2) is 0 Å². The van der Waals surface area contributed by atoms with Crippen molar-refractivity contribution in [2.75, 3.05) is 0 Å². The van der Waals surface area contributed by atoms with E-state index in [4.69, 9.17) is 0 Å². The highest BCUT2D eigenvalue weighted by Crippen LogP contribution is 2.37. The number of alkyl halides is 3. The molecule has 0 bridgehead atoms. The van der Waals surface area contributed by atoms with Gasteiger partial charge in [-0.3, -0.25) is 0 Å². The van der Waals surface area contributed by atoms with Crippen LogP contribution in [0.25, 0.3) is 0 Å². The van der Waals surface area contributed by atoms with Crippen molar-refractivity contribution in [3.8, 4) is 0 Å². The molecular formula is C13H17I3. The standard InChI is InChI=1S/C13H17I3/c1-7-12(9(3)15)5-11(8(2)14)6-13(7)10(4)16/h5-6,8-10H,1-4H3. The summed E-state index contributed by atoms with van der Waals surface area (Å²) in [5.41, 5.74) is 5.94. The van der Waals surface area contributed by atoms with Crippen LogP contribution in [0.15, 0.2) is 12.1 Å². The van der Waals surface area contributed by atoms with Crippen LogP contribution < -0.4 is 0 Å². The van der Waals surface area contributed by atoms with Gasteiger partial charge in [-0.1, -0.05) is 79.9 Å². The molecule has 0 saturated heterocycles. The quantitative estimate of drug-likeness (QED) is 0.297. The highest BCUT2D eigenvalue weighted by molar-refractivity contribution is 14.1. The van der Waals surface area contributed by atoms with Crippen LogP contribution in [0, 0.1) is 6.92 Å². The highest BCUT2D eigenvalue weighted by Gasteiger charge is 2.15. The minimum Gasteiger partial charge on any atom is -0.0777 e. The Morgan fingerprint density at radius 3 is 1.44 bits per heavy atom. The van der Waals surface area contributed by atoms with E-state index in [0.29, 0.717) is 11.8 Å². The summed E-state index contributed by atoms with van der Waals surface area (Å²) in [7, 11) is 0. The van der Waals surface area contributed by atoms with Crippen molar-refractivity contribution < 1.29 is 0 Å². The number of hydrogen-bond donors (Lipinski definition) is 0. The lowest BCUT2D eigenvalue weighted by Crippen LogP contribution is -2.00. The third kappa shape index (κ3) is 3.70. The predicted octanol–water partition coefficient (Wildman–Crippen LogP) is 6.48. The second-order valence-corrected chi connectivity index (χ2v) is 9.78. The summed E-state index contributed by atoms with van der Waals surface area (Å²) in [6.07, 6.45) is 0. The molecule has 0 aliphatic rings. The predicted molar refractivity (Wildman–Crippen MR) is 98.5 cm³/mol. The van der Waals surface area contributed by atoms with Gasteiger partial charge in [-0.2, -0.15) is 0 Å². The molecule has 0 N–H and O–H groups in total. The van der Waals surface area contributed by atoms with E-state index in [0.717, 1.165) is 0 Å². The van der Waals surface area contributed by atoms with E-state index in [9.17, 15) is 0 Å². The first-order valence-corrected chi connectivity index (χ1v) is 9.14. The smallest absolute Gasteiger partial charge is 0.0334 e. The van der Waals surface area contributed by atoms with Crippen molar-refractivity contribution in [1.29, 1.82) is 0 Å². The summed E-state index contributed by atoms with van der Waals surface area (Å²) in [6, 6.07) is 4.76. The van der Waals surface area contributed by atoms with E-state index < -0.39 is 0 Å². The third-order valence-corrected chi connectivity index (χ3v) is 4.89. The zero-order chi connectivity index (χ0) is 12.5. The highest BCUT2D eigenvalue weighted by atomic mass is 127. The van der Waals surface area contributed by atoms with Crippen molar-refractivity contribution in [2.45, 2.75) is 39.5 Å². The molecule has 0 radical (unpaired) electrons. The van der Waals surface area contributed by atoms with Crippen LogP contribution in [0.4, 0.5) is 0 Å². The number of hydrogen-bond acceptors (Lipinski definition) is 0. The first kappa shape index (κ1) is 15.5. The second-order valence-electron chi connectivity index (χ2n) is 4.17. The first-order valence-electron chi connectivity index (χ1n) is 5.41. The first-order chi connectivity index (χ1) is 7.34. The molecule has 3 atom stereocenters. The molecule has 1 aromatic rings. The lowest BCUT2D eigenvalue weighted by molar-refractivity contribution is 1.02.